The molecule has 2 rings (SSSR count). The summed E-state index contributed by atoms with van der Waals surface area (Å²) in [5.74, 6) is -4.00. The zero-order valence-corrected chi connectivity index (χ0v) is 11.1. The summed E-state index contributed by atoms with van der Waals surface area (Å²) in [6.07, 6.45) is 1.38. The minimum Gasteiger partial charge on any atom is -0.366 e. The molecule has 108 valence electrons. The van der Waals surface area contributed by atoms with Gasteiger partial charge in [-0.1, -0.05) is 11.6 Å². The lowest BCUT2D eigenvalue weighted by Crippen LogP contribution is -2.17. The molecule has 0 radical (unpaired) electrons. The molecule has 0 spiro atoms. The second-order valence-electron chi connectivity index (χ2n) is 3.97. The van der Waals surface area contributed by atoms with Gasteiger partial charge in [0.05, 0.1) is 16.8 Å². The summed E-state index contributed by atoms with van der Waals surface area (Å²) in [7, 11) is 0. The Morgan fingerprint density at radius 2 is 1.90 bits per heavy atom. The van der Waals surface area contributed by atoms with E-state index in [4.69, 9.17) is 17.3 Å². The van der Waals surface area contributed by atoms with Gasteiger partial charge in [-0.3, -0.25) is 9.59 Å². The number of carbonyl (C=O) groups is 2. The van der Waals surface area contributed by atoms with Gasteiger partial charge in [-0.05, 0) is 18.2 Å². The lowest BCUT2D eigenvalue weighted by atomic mass is 10.1. The van der Waals surface area contributed by atoms with Crippen LogP contribution in [0.5, 0.6) is 0 Å². The fraction of sp³-hybridized carbons (Fsp3) is 0. The van der Waals surface area contributed by atoms with Crippen LogP contribution in [0.15, 0.2) is 30.5 Å². The molecule has 0 bridgehead atoms. The van der Waals surface area contributed by atoms with Gasteiger partial charge in [0.2, 0.25) is 0 Å². The van der Waals surface area contributed by atoms with E-state index >= 15 is 0 Å². The van der Waals surface area contributed by atoms with E-state index in [0.29, 0.717) is 6.07 Å². The third-order valence-electron chi connectivity index (χ3n) is 2.57. The van der Waals surface area contributed by atoms with Crippen LogP contribution in [-0.4, -0.2) is 16.8 Å². The molecule has 0 saturated heterocycles. The first-order valence-corrected chi connectivity index (χ1v) is 5.98. The SMILES string of the molecule is NC(=O)c1cc(NC(=O)c2cccnc2Cl)c(F)cc1F. The Hall–Kier alpha value is -2.54. The average molecular weight is 312 g/mol. The maximum Gasteiger partial charge on any atom is 0.258 e. The highest BCUT2D eigenvalue weighted by atomic mass is 35.5. The maximum atomic E-state index is 13.6. The van der Waals surface area contributed by atoms with Crippen molar-refractivity contribution in [3.8, 4) is 0 Å². The fourth-order valence-corrected chi connectivity index (χ4v) is 1.78. The number of anilines is 1. The molecule has 0 fully saturated rings. The van der Waals surface area contributed by atoms with E-state index in [9.17, 15) is 18.4 Å². The standard InChI is InChI=1S/C13H8ClF2N3O2/c14-11-6(2-1-3-18-11)13(21)19-10-4-7(12(17)20)8(15)5-9(10)16/h1-5H,(H2,17,20)(H,19,21). The van der Waals surface area contributed by atoms with Gasteiger partial charge in [-0.2, -0.15) is 0 Å². The number of pyridine rings is 1. The van der Waals surface area contributed by atoms with Crippen molar-refractivity contribution < 1.29 is 18.4 Å². The Labute approximate surface area is 122 Å². The molecule has 5 nitrogen and oxygen atoms in total. The molecule has 3 N–H and O–H groups in total. The normalized spacial score (nSPS) is 10.2. The number of nitrogens with two attached hydrogens (primary N) is 1. The quantitative estimate of drug-likeness (QED) is 0.853. The van der Waals surface area contributed by atoms with Gasteiger partial charge in [0.25, 0.3) is 11.8 Å². The number of hydrogen-bond donors (Lipinski definition) is 2. The predicted molar refractivity (Wildman–Crippen MR) is 72.1 cm³/mol. The largest absolute Gasteiger partial charge is 0.366 e. The number of nitrogens with one attached hydrogen (secondary N) is 1. The number of primary amides is 1. The lowest BCUT2D eigenvalue weighted by Gasteiger charge is -2.09. The van der Waals surface area contributed by atoms with Crippen LogP contribution in [0.2, 0.25) is 5.15 Å². The molecule has 21 heavy (non-hydrogen) atoms. The Kier molecular flexibility index (Phi) is 4.13. The van der Waals surface area contributed by atoms with E-state index in [1.807, 2.05) is 0 Å². The zero-order valence-electron chi connectivity index (χ0n) is 10.4. The Morgan fingerprint density at radius 1 is 1.19 bits per heavy atom. The number of nitrogens with zero attached hydrogens (tertiary/aromatic N) is 1. The minimum atomic E-state index is -1.11. The first-order valence-electron chi connectivity index (χ1n) is 5.61. The second kappa shape index (κ2) is 5.84. The molecule has 0 aliphatic rings. The van der Waals surface area contributed by atoms with Crippen LogP contribution in [0.1, 0.15) is 20.7 Å². The number of halogens is 3. The monoisotopic (exact) mass is 311 g/mol. The van der Waals surface area contributed by atoms with E-state index in [1.165, 1.54) is 18.3 Å². The van der Waals surface area contributed by atoms with Crippen LogP contribution in [0, 0.1) is 11.6 Å². The van der Waals surface area contributed by atoms with Gasteiger partial charge >= 0.3 is 0 Å². The van der Waals surface area contributed by atoms with Gasteiger partial charge in [-0.25, -0.2) is 13.8 Å². The molecule has 0 saturated carbocycles. The van der Waals surface area contributed by atoms with Gasteiger partial charge in [-0.15, -0.1) is 0 Å². The van der Waals surface area contributed by atoms with Crippen molar-refractivity contribution in [2.45, 2.75) is 0 Å². The molecule has 0 aliphatic carbocycles. The third-order valence-corrected chi connectivity index (χ3v) is 2.88. The van der Waals surface area contributed by atoms with Crippen molar-refractivity contribution in [1.82, 2.24) is 4.98 Å². The Balaban J connectivity index is 2.36. The molecule has 8 heteroatoms. The van der Waals surface area contributed by atoms with E-state index in [-0.39, 0.29) is 10.7 Å². The molecular formula is C13H8ClF2N3O2. The summed E-state index contributed by atoms with van der Waals surface area (Å²) in [6, 6.07) is 4.12. The van der Waals surface area contributed by atoms with E-state index in [1.54, 1.807) is 0 Å². The number of aromatic nitrogens is 1. The van der Waals surface area contributed by atoms with Crippen LogP contribution in [-0.2, 0) is 0 Å². The van der Waals surface area contributed by atoms with E-state index in [2.05, 4.69) is 10.3 Å². The highest BCUT2D eigenvalue weighted by Gasteiger charge is 2.17. The lowest BCUT2D eigenvalue weighted by molar-refractivity contribution is 0.0992. The summed E-state index contributed by atoms with van der Waals surface area (Å²) in [6.45, 7) is 0. The molecular weight excluding hydrogens is 304 g/mol. The maximum absolute atomic E-state index is 13.6. The van der Waals surface area contributed by atoms with Crippen molar-refractivity contribution in [3.05, 3.63) is 58.4 Å². The minimum absolute atomic E-state index is 0.00326. The number of amides is 2. The number of rotatable bonds is 3. The summed E-state index contributed by atoms with van der Waals surface area (Å²) in [5.41, 5.74) is 4.03. The predicted octanol–water partition coefficient (Wildman–Crippen LogP) is 2.36. The first-order chi connectivity index (χ1) is 9.90. The zero-order chi connectivity index (χ0) is 15.6. The Morgan fingerprint density at radius 3 is 2.52 bits per heavy atom. The number of benzene rings is 1. The van der Waals surface area contributed by atoms with Crippen molar-refractivity contribution in [3.63, 3.8) is 0 Å². The fourth-order valence-electron chi connectivity index (χ4n) is 1.58. The summed E-state index contributed by atoms with van der Waals surface area (Å²) in [4.78, 5) is 26.7. The van der Waals surface area contributed by atoms with Crippen molar-refractivity contribution in [1.29, 1.82) is 0 Å². The average Bonchev–Trinajstić information content (AvgIpc) is 2.41. The summed E-state index contributed by atoms with van der Waals surface area (Å²) in [5, 5.41) is 2.10. The topological polar surface area (TPSA) is 85.1 Å². The van der Waals surface area contributed by atoms with Crippen molar-refractivity contribution in [2.75, 3.05) is 5.32 Å². The van der Waals surface area contributed by atoms with Gasteiger partial charge in [0.1, 0.15) is 16.8 Å². The van der Waals surface area contributed by atoms with Crippen LogP contribution < -0.4 is 11.1 Å². The molecule has 0 atom stereocenters. The van der Waals surface area contributed by atoms with Crippen LogP contribution in [0.25, 0.3) is 0 Å². The van der Waals surface area contributed by atoms with Gasteiger partial charge < -0.3 is 11.1 Å². The highest BCUT2D eigenvalue weighted by Crippen LogP contribution is 2.21. The second-order valence-corrected chi connectivity index (χ2v) is 4.33. The molecule has 0 unspecified atom stereocenters. The number of carbonyl (C=O) groups excluding carboxylic acids is 2. The van der Waals surface area contributed by atoms with E-state index in [0.717, 1.165) is 6.07 Å². The van der Waals surface area contributed by atoms with Crippen LogP contribution in [0.3, 0.4) is 0 Å². The number of hydrogen-bond acceptors (Lipinski definition) is 3. The first kappa shape index (κ1) is 14.9. The van der Waals surface area contributed by atoms with Gasteiger partial charge in [0, 0.05) is 12.3 Å². The van der Waals surface area contributed by atoms with Crippen molar-refractivity contribution >= 4 is 29.1 Å². The molecule has 2 aromatic rings. The van der Waals surface area contributed by atoms with Crippen LogP contribution >= 0.6 is 11.6 Å². The smallest absolute Gasteiger partial charge is 0.258 e. The summed E-state index contributed by atoms with van der Waals surface area (Å²) >= 11 is 5.73. The van der Waals surface area contributed by atoms with Crippen molar-refractivity contribution in [2.24, 2.45) is 5.73 Å². The molecule has 0 aliphatic heterocycles. The summed E-state index contributed by atoms with van der Waals surface area (Å²) < 4.78 is 26.9. The van der Waals surface area contributed by atoms with E-state index < -0.39 is 34.7 Å². The molecule has 1 aromatic carbocycles. The Bertz CT molecular complexity index is 737. The molecule has 1 heterocycles. The van der Waals surface area contributed by atoms with Crippen LogP contribution in [0.4, 0.5) is 14.5 Å². The molecule has 1 aromatic heterocycles. The third kappa shape index (κ3) is 3.14. The molecule has 2 amide bonds. The highest BCUT2D eigenvalue weighted by molar-refractivity contribution is 6.33. The van der Waals surface area contributed by atoms with Gasteiger partial charge in [0.15, 0.2) is 0 Å².